The molecule has 3 heteroatoms. The molecule has 21 heavy (non-hydrogen) atoms. The van der Waals surface area contributed by atoms with Crippen molar-refractivity contribution in [2.24, 2.45) is 5.73 Å². The molecule has 1 aliphatic carbocycles. The van der Waals surface area contributed by atoms with E-state index in [-0.39, 0.29) is 12.1 Å². The highest BCUT2D eigenvalue weighted by Crippen LogP contribution is 2.37. The van der Waals surface area contributed by atoms with Gasteiger partial charge in [-0.25, -0.2) is 0 Å². The molecule has 1 aromatic carbocycles. The highest BCUT2D eigenvalue weighted by Gasteiger charge is 2.35. The summed E-state index contributed by atoms with van der Waals surface area (Å²) in [6.45, 7) is 3.19. The third-order valence-electron chi connectivity index (χ3n) is 4.95. The molecule has 0 radical (unpaired) electrons. The molecule has 0 aliphatic heterocycles. The fourth-order valence-electron chi connectivity index (χ4n) is 3.63. The van der Waals surface area contributed by atoms with E-state index < -0.39 is 0 Å². The minimum Gasteiger partial charge on any atom is -0.396 e. The summed E-state index contributed by atoms with van der Waals surface area (Å²) in [5.41, 5.74) is 7.65. The zero-order chi connectivity index (χ0) is 15.1. The quantitative estimate of drug-likeness (QED) is 0.724. The molecule has 4 N–H and O–H groups in total. The Labute approximate surface area is 128 Å². The number of hydrogen-bond donors (Lipinski definition) is 3. The van der Waals surface area contributed by atoms with Gasteiger partial charge in [-0.05, 0) is 56.9 Å². The first kappa shape index (κ1) is 16.5. The Morgan fingerprint density at radius 1 is 1.29 bits per heavy atom. The second kappa shape index (κ2) is 7.92. The first-order valence-electron chi connectivity index (χ1n) is 8.33. The Morgan fingerprint density at radius 2 is 1.95 bits per heavy atom. The molecule has 1 aliphatic rings. The van der Waals surface area contributed by atoms with Crippen molar-refractivity contribution in [3.63, 3.8) is 0 Å². The van der Waals surface area contributed by atoms with E-state index in [0.29, 0.717) is 18.5 Å². The first-order valence-corrected chi connectivity index (χ1v) is 8.33. The Morgan fingerprint density at radius 3 is 2.52 bits per heavy atom. The number of rotatable bonds is 7. The predicted molar refractivity (Wildman–Crippen MR) is 88.4 cm³/mol. The monoisotopic (exact) mass is 290 g/mol. The second-order valence-electron chi connectivity index (χ2n) is 6.58. The molecule has 0 saturated heterocycles. The summed E-state index contributed by atoms with van der Waals surface area (Å²) in [6, 6.07) is 11.3. The molecule has 0 heterocycles. The van der Waals surface area contributed by atoms with Crippen LogP contribution in [-0.4, -0.2) is 29.8 Å². The third kappa shape index (κ3) is 4.53. The van der Waals surface area contributed by atoms with Crippen LogP contribution in [0.25, 0.3) is 0 Å². The number of benzene rings is 1. The second-order valence-corrected chi connectivity index (χ2v) is 6.58. The molecule has 1 atom stereocenters. The smallest absolute Gasteiger partial charge is 0.0431 e. The summed E-state index contributed by atoms with van der Waals surface area (Å²) in [4.78, 5) is 0. The zero-order valence-electron chi connectivity index (χ0n) is 13.2. The van der Waals surface area contributed by atoms with Gasteiger partial charge in [0.05, 0.1) is 0 Å². The SMILES string of the molecule is CC(CCCO)NC1(CN)CCC(c2ccccc2)CC1. The maximum atomic E-state index is 8.95. The van der Waals surface area contributed by atoms with Gasteiger partial charge < -0.3 is 16.2 Å². The van der Waals surface area contributed by atoms with Crippen molar-refractivity contribution in [2.45, 2.75) is 62.9 Å². The van der Waals surface area contributed by atoms with Gasteiger partial charge in [-0.1, -0.05) is 30.3 Å². The summed E-state index contributed by atoms with van der Waals surface area (Å²) in [7, 11) is 0. The Hall–Kier alpha value is -0.900. The maximum Gasteiger partial charge on any atom is 0.0431 e. The Bertz CT molecular complexity index is 399. The molecule has 118 valence electrons. The Balaban J connectivity index is 1.90. The minimum atomic E-state index is 0.0974. The van der Waals surface area contributed by atoms with Crippen LogP contribution in [-0.2, 0) is 0 Å². The van der Waals surface area contributed by atoms with Gasteiger partial charge in [-0.2, -0.15) is 0 Å². The van der Waals surface area contributed by atoms with Gasteiger partial charge in [0.25, 0.3) is 0 Å². The van der Waals surface area contributed by atoms with Gasteiger partial charge in [0, 0.05) is 24.7 Å². The number of nitrogens with one attached hydrogen (secondary N) is 1. The lowest BCUT2D eigenvalue weighted by Crippen LogP contribution is -2.56. The van der Waals surface area contributed by atoms with Crippen LogP contribution in [0.2, 0.25) is 0 Å². The van der Waals surface area contributed by atoms with E-state index in [0.717, 1.165) is 25.7 Å². The van der Waals surface area contributed by atoms with Gasteiger partial charge >= 0.3 is 0 Å². The van der Waals surface area contributed by atoms with E-state index in [9.17, 15) is 0 Å². The summed E-state index contributed by atoms with van der Waals surface area (Å²) in [6.07, 6.45) is 6.59. The summed E-state index contributed by atoms with van der Waals surface area (Å²) >= 11 is 0. The van der Waals surface area contributed by atoms with Crippen LogP contribution in [0, 0.1) is 0 Å². The van der Waals surface area contributed by atoms with E-state index >= 15 is 0 Å². The lowest BCUT2D eigenvalue weighted by molar-refractivity contribution is 0.194. The van der Waals surface area contributed by atoms with Crippen molar-refractivity contribution in [2.75, 3.05) is 13.2 Å². The maximum absolute atomic E-state index is 8.95. The average Bonchev–Trinajstić information content (AvgIpc) is 2.54. The third-order valence-corrected chi connectivity index (χ3v) is 4.95. The molecule has 3 nitrogen and oxygen atoms in total. The summed E-state index contributed by atoms with van der Waals surface area (Å²) < 4.78 is 0. The van der Waals surface area contributed by atoms with Crippen LogP contribution in [0.3, 0.4) is 0 Å². The average molecular weight is 290 g/mol. The number of nitrogens with two attached hydrogens (primary N) is 1. The van der Waals surface area contributed by atoms with E-state index in [1.165, 1.54) is 18.4 Å². The van der Waals surface area contributed by atoms with Gasteiger partial charge in [-0.3, -0.25) is 0 Å². The van der Waals surface area contributed by atoms with Crippen LogP contribution >= 0.6 is 0 Å². The molecule has 0 aromatic heterocycles. The lowest BCUT2D eigenvalue weighted by atomic mass is 9.73. The fourth-order valence-corrected chi connectivity index (χ4v) is 3.63. The van der Waals surface area contributed by atoms with Gasteiger partial charge in [-0.15, -0.1) is 0 Å². The molecule has 1 aromatic rings. The molecule has 1 fully saturated rings. The van der Waals surface area contributed by atoms with E-state index in [4.69, 9.17) is 10.8 Å². The number of aliphatic hydroxyl groups excluding tert-OH is 1. The molecule has 0 bridgehead atoms. The van der Waals surface area contributed by atoms with Crippen LogP contribution in [0.5, 0.6) is 0 Å². The van der Waals surface area contributed by atoms with Crippen LogP contribution < -0.4 is 11.1 Å². The summed E-state index contributed by atoms with van der Waals surface area (Å²) in [5, 5.41) is 12.7. The standard InChI is InChI=1S/C18H30N2O/c1-15(6-5-13-21)20-18(14-19)11-9-17(10-12-18)16-7-3-2-4-8-16/h2-4,7-8,15,17,20-21H,5-6,9-14,19H2,1H3. The van der Waals surface area contributed by atoms with E-state index in [1.54, 1.807) is 0 Å². The fraction of sp³-hybridized carbons (Fsp3) is 0.667. The van der Waals surface area contributed by atoms with Crippen molar-refractivity contribution >= 4 is 0 Å². The number of aliphatic hydroxyl groups is 1. The molecule has 1 saturated carbocycles. The molecule has 1 unspecified atom stereocenters. The van der Waals surface area contributed by atoms with Gasteiger partial charge in [0.1, 0.15) is 0 Å². The summed E-state index contributed by atoms with van der Waals surface area (Å²) in [5.74, 6) is 0.681. The van der Waals surface area contributed by atoms with Gasteiger partial charge in [0.15, 0.2) is 0 Å². The van der Waals surface area contributed by atoms with Crippen LogP contribution in [0.15, 0.2) is 30.3 Å². The molecular formula is C18H30N2O. The predicted octanol–water partition coefficient (Wildman–Crippen LogP) is 2.79. The van der Waals surface area contributed by atoms with Crippen molar-refractivity contribution in [1.29, 1.82) is 0 Å². The topological polar surface area (TPSA) is 58.3 Å². The first-order chi connectivity index (χ1) is 10.2. The van der Waals surface area contributed by atoms with E-state index in [2.05, 4.69) is 42.6 Å². The van der Waals surface area contributed by atoms with Crippen molar-refractivity contribution < 1.29 is 5.11 Å². The largest absolute Gasteiger partial charge is 0.396 e. The Kier molecular flexibility index (Phi) is 6.22. The molecule has 2 rings (SSSR count). The van der Waals surface area contributed by atoms with Crippen molar-refractivity contribution in [1.82, 2.24) is 5.32 Å². The molecule has 0 spiro atoms. The molecule has 0 amide bonds. The molecular weight excluding hydrogens is 260 g/mol. The van der Waals surface area contributed by atoms with E-state index in [1.807, 2.05) is 0 Å². The van der Waals surface area contributed by atoms with Crippen molar-refractivity contribution in [3.8, 4) is 0 Å². The minimum absolute atomic E-state index is 0.0974. The normalized spacial score (nSPS) is 27.5. The van der Waals surface area contributed by atoms with Crippen molar-refractivity contribution in [3.05, 3.63) is 35.9 Å². The highest BCUT2D eigenvalue weighted by molar-refractivity contribution is 5.20. The number of hydrogen-bond acceptors (Lipinski definition) is 3. The van der Waals surface area contributed by atoms with Crippen LogP contribution in [0.1, 0.15) is 56.9 Å². The lowest BCUT2D eigenvalue weighted by Gasteiger charge is -2.42. The zero-order valence-corrected chi connectivity index (χ0v) is 13.2. The van der Waals surface area contributed by atoms with Crippen LogP contribution in [0.4, 0.5) is 0 Å². The van der Waals surface area contributed by atoms with Gasteiger partial charge in [0.2, 0.25) is 0 Å². The highest BCUT2D eigenvalue weighted by atomic mass is 16.2.